The number of hydrogen-bond donors (Lipinski definition) is 0. The number of hydrogen-bond acceptors (Lipinski definition) is 4. The zero-order valence-electron chi connectivity index (χ0n) is 7.80. The molecule has 2 rings (SSSR count). The van der Waals surface area contributed by atoms with E-state index in [1.54, 1.807) is 24.3 Å². The molecule has 4 heteroatoms. The molecule has 0 saturated carbocycles. The van der Waals surface area contributed by atoms with Gasteiger partial charge in [0.25, 0.3) is 0 Å². The lowest BCUT2D eigenvalue weighted by atomic mass is 10.1. The van der Waals surface area contributed by atoms with Crippen molar-refractivity contribution in [2.75, 3.05) is 0 Å². The van der Waals surface area contributed by atoms with Crippen molar-refractivity contribution in [2.24, 2.45) is 0 Å². The lowest BCUT2D eigenvalue weighted by Gasteiger charge is -2.06. The van der Waals surface area contributed by atoms with Crippen LogP contribution < -0.4 is 4.74 Å². The Balaban J connectivity index is 2.29. The molecule has 0 radical (unpaired) electrons. The Morgan fingerprint density at radius 1 is 1.47 bits per heavy atom. The zero-order valence-corrected chi connectivity index (χ0v) is 7.80. The highest BCUT2D eigenvalue weighted by Crippen LogP contribution is 2.35. The van der Waals surface area contributed by atoms with Gasteiger partial charge in [-0.25, -0.2) is 9.59 Å². The van der Waals surface area contributed by atoms with Gasteiger partial charge in [0.2, 0.25) is 6.10 Å². The molecule has 0 aliphatic carbocycles. The van der Waals surface area contributed by atoms with E-state index in [0.717, 1.165) is 6.08 Å². The maximum atomic E-state index is 11.3. The van der Waals surface area contributed by atoms with Crippen LogP contribution in [-0.4, -0.2) is 11.9 Å². The maximum absolute atomic E-state index is 11.3. The van der Waals surface area contributed by atoms with Crippen molar-refractivity contribution in [3.05, 3.63) is 42.5 Å². The van der Waals surface area contributed by atoms with E-state index in [2.05, 4.69) is 6.58 Å². The minimum Gasteiger partial charge on any atom is -0.442 e. The van der Waals surface area contributed by atoms with Gasteiger partial charge >= 0.3 is 11.9 Å². The van der Waals surface area contributed by atoms with E-state index in [1.807, 2.05) is 0 Å². The van der Waals surface area contributed by atoms with Crippen LogP contribution in [0.3, 0.4) is 0 Å². The summed E-state index contributed by atoms with van der Waals surface area (Å²) < 4.78 is 9.78. The molecule has 0 aromatic heterocycles. The van der Waals surface area contributed by atoms with Crippen molar-refractivity contribution in [1.29, 1.82) is 0 Å². The molecule has 1 aromatic rings. The third-order valence-corrected chi connectivity index (χ3v) is 2.03. The van der Waals surface area contributed by atoms with E-state index < -0.39 is 18.0 Å². The number of esters is 2. The van der Waals surface area contributed by atoms with Gasteiger partial charge in [0.05, 0.1) is 0 Å². The summed E-state index contributed by atoms with van der Waals surface area (Å²) in [5, 5.41) is 0. The van der Waals surface area contributed by atoms with Crippen LogP contribution in [0.5, 0.6) is 5.75 Å². The molecule has 1 aromatic carbocycles. The van der Waals surface area contributed by atoms with Gasteiger partial charge in [-0.1, -0.05) is 24.8 Å². The summed E-state index contributed by atoms with van der Waals surface area (Å²) >= 11 is 0. The highest BCUT2D eigenvalue weighted by molar-refractivity contribution is 5.89. The van der Waals surface area contributed by atoms with Crippen molar-refractivity contribution in [1.82, 2.24) is 0 Å². The predicted molar refractivity (Wildman–Crippen MR) is 51.1 cm³/mol. The minimum atomic E-state index is -0.966. The molecule has 1 atom stereocenters. The molecule has 0 N–H and O–H groups in total. The van der Waals surface area contributed by atoms with Crippen molar-refractivity contribution >= 4 is 11.9 Å². The van der Waals surface area contributed by atoms with Crippen LogP contribution >= 0.6 is 0 Å². The fourth-order valence-electron chi connectivity index (χ4n) is 1.35. The first kappa shape index (κ1) is 9.45. The number of ether oxygens (including phenoxy) is 2. The first-order valence-electron chi connectivity index (χ1n) is 4.36. The number of carbonyl (C=O) groups excluding carboxylic acids is 2. The lowest BCUT2D eigenvalue weighted by Crippen LogP contribution is -2.16. The SMILES string of the molecule is C=CC(=O)OC1C(=O)Oc2ccccc21. The molecule has 1 unspecified atom stereocenters. The van der Waals surface area contributed by atoms with Crippen LogP contribution in [0.2, 0.25) is 0 Å². The highest BCUT2D eigenvalue weighted by Gasteiger charge is 2.35. The van der Waals surface area contributed by atoms with Gasteiger partial charge in [-0.2, -0.15) is 0 Å². The van der Waals surface area contributed by atoms with Crippen molar-refractivity contribution in [2.45, 2.75) is 6.10 Å². The Labute approximate surface area is 86.1 Å². The molecule has 0 fully saturated rings. The first-order valence-corrected chi connectivity index (χ1v) is 4.36. The molecule has 15 heavy (non-hydrogen) atoms. The van der Waals surface area contributed by atoms with Crippen LogP contribution in [-0.2, 0) is 14.3 Å². The van der Waals surface area contributed by atoms with Crippen LogP contribution in [0.15, 0.2) is 36.9 Å². The monoisotopic (exact) mass is 204 g/mol. The molecule has 0 amide bonds. The third-order valence-electron chi connectivity index (χ3n) is 2.03. The maximum Gasteiger partial charge on any atom is 0.357 e. The molecular weight excluding hydrogens is 196 g/mol. The first-order chi connectivity index (χ1) is 7.22. The van der Waals surface area contributed by atoms with E-state index in [9.17, 15) is 9.59 Å². The van der Waals surface area contributed by atoms with Crippen molar-refractivity contribution in [3.63, 3.8) is 0 Å². The smallest absolute Gasteiger partial charge is 0.357 e. The minimum absolute atomic E-state index is 0.435. The standard InChI is InChI=1S/C11H8O4/c1-2-9(12)15-10-7-5-3-4-6-8(7)14-11(10)13/h2-6,10H,1H2. The van der Waals surface area contributed by atoms with E-state index >= 15 is 0 Å². The van der Waals surface area contributed by atoms with Gasteiger partial charge in [-0.3, -0.25) is 0 Å². The second-order valence-electron chi connectivity index (χ2n) is 2.98. The van der Waals surface area contributed by atoms with E-state index in [1.165, 1.54) is 0 Å². The van der Waals surface area contributed by atoms with E-state index in [4.69, 9.17) is 9.47 Å². The summed E-state index contributed by atoms with van der Waals surface area (Å²) in [4.78, 5) is 22.3. The number of para-hydroxylation sites is 1. The average Bonchev–Trinajstić information content (AvgIpc) is 2.55. The molecular formula is C11H8O4. The van der Waals surface area contributed by atoms with Crippen molar-refractivity contribution < 1.29 is 19.1 Å². The topological polar surface area (TPSA) is 52.6 Å². The second kappa shape index (κ2) is 3.57. The fourth-order valence-corrected chi connectivity index (χ4v) is 1.35. The Morgan fingerprint density at radius 2 is 2.20 bits per heavy atom. The van der Waals surface area contributed by atoms with Crippen LogP contribution in [0, 0.1) is 0 Å². The predicted octanol–water partition coefficient (Wildman–Crippen LogP) is 1.38. The van der Waals surface area contributed by atoms with Gasteiger partial charge in [0.15, 0.2) is 0 Å². The Morgan fingerprint density at radius 3 is 2.93 bits per heavy atom. The summed E-state index contributed by atoms with van der Waals surface area (Å²) in [5.74, 6) is -0.788. The highest BCUT2D eigenvalue weighted by atomic mass is 16.6. The fraction of sp³-hybridized carbons (Fsp3) is 0.0909. The Hall–Kier alpha value is -2.10. The molecule has 1 aliphatic heterocycles. The van der Waals surface area contributed by atoms with Gasteiger partial charge < -0.3 is 9.47 Å². The molecule has 1 aliphatic rings. The molecule has 0 saturated heterocycles. The van der Waals surface area contributed by atoms with Crippen LogP contribution in [0.4, 0.5) is 0 Å². The summed E-state index contributed by atoms with van der Waals surface area (Å²) in [6.45, 7) is 3.26. The quantitative estimate of drug-likeness (QED) is 0.415. The largest absolute Gasteiger partial charge is 0.442 e. The van der Waals surface area contributed by atoms with Gasteiger partial charge in [-0.15, -0.1) is 0 Å². The van der Waals surface area contributed by atoms with E-state index in [-0.39, 0.29) is 0 Å². The van der Waals surface area contributed by atoms with Gasteiger partial charge in [0, 0.05) is 11.6 Å². The van der Waals surface area contributed by atoms with Gasteiger partial charge in [0.1, 0.15) is 5.75 Å². The molecule has 4 nitrogen and oxygen atoms in total. The summed E-state index contributed by atoms with van der Waals surface area (Å²) in [5.41, 5.74) is 0.567. The van der Waals surface area contributed by atoms with Gasteiger partial charge in [-0.05, 0) is 6.07 Å². The summed E-state index contributed by atoms with van der Waals surface area (Å²) in [7, 11) is 0. The Kier molecular flexibility index (Phi) is 2.25. The average molecular weight is 204 g/mol. The number of benzene rings is 1. The number of rotatable bonds is 2. The molecule has 76 valence electrons. The zero-order chi connectivity index (χ0) is 10.8. The normalized spacial score (nSPS) is 17.9. The Bertz CT molecular complexity index is 436. The third kappa shape index (κ3) is 1.61. The lowest BCUT2D eigenvalue weighted by molar-refractivity contribution is -0.156. The molecule has 1 heterocycles. The number of carbonyl (C=O) groups is 2. The van der Waals surface area contributed by atoms with E-state index in [0.29, 0.717) is 11.3 Å². The number of fused-ring (bicyclic) bond motifs is 1. The van der Waals surface area contributed by atoms with Crippen LogP contribution in [0.1, 0.15) is 11.7 Å². The van der Waals surface area contributed by atoms with Crippen molar-refractivity contribution in [3.8, 4) is 5.75 Å². The summed E-state index contributed by atoms with van der Waals surface area (Å²) in [6, 6.07) is 6.82. The summed E-state index contributed by atoms with van der Waals surface area (Å²) in [6.07, 6.45) is 0.0421. The molecule has 0 spiro atoms. The second-order valence-corrected chi connectivity index (χ2v) is 2.98. The van der Waals surface area contributed by atoms with Crippen LogP contribution in [0.25, 0.3) is 0 Å². The molecule has 0 bridgehead atoms.